The third kappa shape index (κ3) is 4.40. The topological polar surface area (TPSA) is 34.2 Å². The summed E-state index contributed by atoms with van der Waals surface area (Å²) in [5.74, 6) is 0.889. The Bertz CT molecular complexity index is 501. The molecule has 0 aliphatic carbocycles. The molecule has 1 aromatic heterocycles. The molecule has 1 N–H and O–H groups in total. The number of hydrogen-bond donors (Lipinski definition) is 1. The number of aryl methyl sites for hydroxylation is 1. The van der Waals surface area contributed by atoms with Crippen molar-refractivity contribution in [1.29, 1.82) is 0 Å². The number of aromatic nitrogens is 1. The highest BCUT2D eigenvalue weighted by molar-refractivity contribution is 9.10. The van der Waals surface area contributed by atoms with Gasteiger partial charge >= 0.3 is 0 Å². The van der Waals surface area contributed by atoms with E-state index in [9.17, 15) is 0 Å². The summed E-state index contributed by atoms with van der Waals surface area (Å²) >= 11 is 5.14. The van der Waals surface area contributed by atoms with Gasteiger partial charge in [-0.15, -0.1) is 11.3 Å². The summed E-state index contributed by atoms with van der Waals surface area (Å²) in [6.07, 6.45) is 1.92. The van der Waals surface area contributed by atoms with Crippen molar-refractivity contribution in [2.75, 3.05) is 13.2 Å². The molecule has 3 nitrogen and oxygen atoms in total. The van der Waals surface area contributed by atoms with E-state index in [4.69, 9.17) is 4.74 Å². The second kappa shape index (κ2) is 6.87. The van der Waals surface area contributed by atoms with Crippen LogP contribution in [0.25, 0.3) is 0 Å². The minimum absolute atomic E-state index is 0.661. The first kappa shape index (κ1) is 13.5. The molecule has 0 aliphatic heterocycles. The molecular formula is C13H15BrN2OS. The molecule has 0 saturated heterocycles. The summed E-state index contributed by atoms with van der Waals surface area (Å²) in [7, 11) is 0. The predicted molar refractivity (Wildman–Crippen MR) is 78.2 cm³/mol. The van der Waals surface area contributed by atoms with Crippen molar-refractivity contribution in [3.8, 4) is 5.75 Å². The molecule has 1 heterocycles. The van der Waals surface area contributed by atoms with Gasteiger partial charge in [-0.05, 0) is 25.1 Å². The van der Waals surface area contributed by atoms with Gasteiger partial charge in [0.1, 0.15) is 12.4 Å². The van der Waals surface area contributed by atoms with Gasteiger partial charge in [-0.1, -0.05) is 22.0 Å². The van der Waals surface area contributed by atoms with Gasteiger partial charge in [-0.3, -0.25) is 0 Å². The van der Waals surface area contributed by atoms with Crippen LogP contribution in [-0.2, 0) is 6.54 Å². The number of rotatable bonds is 6. The van der Waals surface area contributed by atoms with Crippen LogP contribution in [0.15, 0.2) is 34.9 Å². The minimum Gasteiger partial charge on any atom is -0.492 e. The average Bonchev–Trinajstić information content (AvgIpc) is 2.75. The smallest absolute Gasteiger partial charge is 0.120 e. The molecule has 0 fully saturated rings. The first-order valence-electron chi connectivity index (χ1n) is 5.74. The van der Waals surface area contributed by atoms with Crippen molar-refractivity contribution >= 4 is 27.3 Å². The van der Waals surface area contributed by atoms with E-state index in [-0.39, 0.29) is 0 Å². The molecule has 0 radical (unpaired) electrons. The molecule has 0 aliphatic rings. The van der Waals surface area contributed by atoms with E-state index in [1.54, 1.807) is 11.3 Å². The number of ether oxygens (including phenoxy) is 1. The van der Waals surface area contributed by atoms with Crippen LogP contribution in [0.1, 0.15) is 9.88 Å². The Labute approximate surface area is 119 Å². The zero-order valence-corrected chi connectivity index (χ0v) is 12.6. The van der Waals surface area contributed by atoms with Crippen LogP contribution in [-0.4, -0.2) is 18.1 Å². The fourth-order valence-electron chi connectivity index (χ4n) is 1.50. The molecule has 1 aromatic carbocycles. The second-order valence-corrected chi connectivity index (χ2v) is 6.06. The van der Waals surface area contributed by atoms with Gasteiger partial charge < -0.3 is 10.1 Å². The van der Waals surface area contributed by atoms with Crippen molar-refractivity contribution in [1.82, 2.24) is 10.3 Å². The van der Waals surface area contributed by atoms with Gasteiger partial charge in [-0.25, -0.2) is 4.98 Å². The average molecular weight is 327 g/mol. The van der Waals surface area contributed by atoms with E-state index >= 15 is 0 Å². The molecule has 5 heteroatoms. The molecule has 0 bridgehead atoms. The van der Waals surface area contributed by atoms with Gasteiger partial charge in [0.05, 0.1) is 5.01 Å². The molecular weight excluding hydrogens is 312 g/mol. The summed E-state index contributed by atoms with van der Waals surface area (Å²) < 4.78 is 6.66. The fraction of sp³-hybridized carbons (Fsp3) is 0.308. The monoisotopic (exact) mass is 326 g/mol. The lowest BCUT2D eigenvalue weighted by atomic mass is 10.3. The molecule has 2 rings (SSSR count). The van der Waals surface area contributed by atoms with E-state index < -0.39 is 0 Å². The van der Waals surface area contributed by atoms with Crippen LogP contribution < -0.4 is 10.1 Å². The highest BCUT2D eigenvalue weighted by Crippen LogP contribution is 2.17. The number of halogens is 1. The normalized spacial score (nSPS) is 10.6. The van der Waals surface area contributed by atoms with Crippen LogP contribution in [0.4, 0.5) is 0 Å². The highest BCUT2D eigenvalue weighted by Gasteiger charge is 1.98. The summed E-state index contributed by atoms with van der Waals surface area (Å²) in [5, 5.41) is 4.44. The van der Waals surface area contributed by atoms with Crippen LogP contribution in [0.5, 0.6) is 5.75 Å². The van der Waals surface area contributed by atoms with Gasteiger partial charge in [0, 0.05) is 28.6 Å². The molecule has 18 heavy (non-hydrogen) atoms. The Kier molecular flexibility index (Phi) is 5.16. The van der Waals surface area contributed by atoms with E-state index in [1.165, 1.54) is 4.88 Å². The predicted octanol–water partition coefficient (Wildman–Crippen LogP) is 3.38. The first-order chi connectivity index (χ1) is 8.74. The van der Waals surface area contributed by atoms with Crippen molar-refractivity contribution < 1.29 is 4.74 Å². The Morgan fingerprint density at radius 2 is 2.33 bits per heavy atom. The SMILES string of the molecule is Cc1ncc(CNCCOc2cccc(Br)c2)s1. The molecule has 2 aromatic rings. The standard InChI is InChI=1S/C13H15BrN2OS/c1-10-16-9-13(18-10)8-15-5-6-17-12-4-2-3-11(14)7-12/h2-4,7,9,15H,5-6,8H2,1H3. The zero-order valence-electron chi connectivity index (χ0n) is 10.1. The number of thiazole rings is 1. The summed E-state index contributed by atoms with van der Waals surface area (Å²) in [5.41, 5.74) is 0. The lowest BCUT2D eigenvalue weighted by molar-refractivity contribution is 0.313. The summed E-state index contributed by atoms with van der Waals surface area (Å²) in [6, 6.07) is 7.87. The van der Waals surface area contributed by atoms with Crippen LogP contribution in [0, 0.1) is 6.92 Å². The highest BCUT2D eigenvalue weighted by atomic mass is 79.9. The van der Waals surface area contributed by atoms with Crippen molar-refractivity contribution in [2.24, 2.45) is 0 Å². The number of benzene rings is 1. The lowest BCUT2D eigenvalue weighted by Crippen LogP contribution is -2.20. The Balaban J connectivity index is 1.64. The maximum absolute atomic E-state index is 5.63. The Hall–Kier alpha value is -0.910. The molecule has 96 valence electrons. The summed E-state index contributed by atoms with van der Waals surface area (Å²) in [6.45, 7) is 4.36. The summed E-state index contributed by atoms with van der Waals surface area (Å²) in [4.78, 5) is 5.47. The maximum Gasteiger partial charge on any atom is 0.120 e. The number of hydrogen-bond acceptors (Lipinski definition) is 4. The second-order valence-electron chi connectivity index (χ2n) is 3.83. The number of nitrogens with zero attached hydrogens (tertiary/aromatic N) is 1. The molecule has 0 spiro atoms. The van der Waals surface area contributed by atoms with Gasteiger partial charge in [0.2, 0.25) is 0 Å². The van der Waals surface area contributed by atoms with Crippen LogP contribution >= 0.6 is 27.3 Å². The van der Waals surface area contributed by atoms with Gasteiger partial charge in [-0.2, -0.15) is 0 Å². The third-order valence-corrected chi connectivity index (χ3v) is 3.72. The van der Waals surface area contributed by atoms with Gasteiger partial charge in [0.15, 0.2) is 0 Å². The van der Waals surface area contributed by atoms with Crippen molar-refractivity contribution in [3.05, 3.63) is 44.8 Å². The lowest BCUT2D eigenvalue weighted by Gasteiger charge is -2.07. The molecule has 0 amide bonds. The van der Waals surface area contributed by atoms with Gasteiger partial charge in [0.25, 0.3) is 0 Å². The molecule has 0 unspecified atom stereocenters. The molecule has 0 saturated carbocycles. The number of nitrogens with one attached hydrogen (secondary N) is 1. The van der Waals surface area contributed by atoms with E-state index in [0.29, 0.717) is 6.61 Å². The third-order valence-electron chi connectivity index (χ3n) is 2.31. The quantitative estimate of drug-likeness (QED) is 0.826. The van der Waals surface area contributed by atoms with Crippen molar-refractivity contribution in [3.63, 3.8) is 0 Å². The fourth-order valence-corrected chi connectivity index (χ4v) is 2.64. The maximum atomic E-state index is 5.63. The van der Waals surface area contributed by atoms with E-state index in [2.05, 4.69) is 26.2 Å². The van der Waals surface area contributed by atoms with E-state index in [1.807, 2.05) is 37.4 Å². The van der Waals surface area contributed by atoms with Crippen LogP contribution in [0.2, 0.25) is 0 Å². The Morgan fingerprint density at radius 1 is 1.44 bits per heavy atom. The van der Waals surface area contributed by atoms with Crippen molar-refractivity contribution in [2.45, 2.75) is 13.5 Å². The largest absolute Gasteiger partial charge is 0.492 e. The Morgan fingerprint density at radius 3 is 3.06 bits per heavy atom. The van der Waals surface area contributed by atoms with E-state index in [0.717, 1.165) is 28.3 Å². The minimum atomic E-state index is 0.661. The molecule has 0 atom stereocenters. The first-order valence-corrected chi connectivity index (χ1v) is 7.35. The zero-order chi connectivity index (χ0) is 12.8. The van der Waals surface area contributed by atoms with Crippen LogP contribution in [0.3, 0.4) is 0 Å².